The van der Waals surface area contributed by atoms with Crippen LogP contribution in [0.15, 0.2) is 24.5 Å². The number of fused-ring (bicyclic) bond motifs is 1. The number of hydrogen-bond acceptors (Lipinski definition) is 7. The van der Waals surface area contributed by atoms with Crippen molar-refractivity contribution in [2.75, 3.05) is 36.5 Å². The Bertz CT molecular complexity index is 886. The van der Waals surface area contributed by atoms with Crippen LogP contribution in [0.4, 0.5) is 17.3 Å². The van der Waals surface area contributed by atoms with Gasteiger partial charge in [-0.25, -0.2) is 9.97 Å². The number of aromatic nitrogens is 5. The van der Waals surface area contributed by atoms with E-state index in [1.165, 1.54) is 6.33 Å². The van der Waals surface area contributed by atoms with Crippen molar-refractivity contribution in [1.82, 2.24) is 24.6 Å². The quantitative estimate of drug-likeness (QED) is 0.778. The molecule has 0 radical (unpaired) electrons. The second kappa shape index (κ2) is 6.64. The normalized spacial score (nSPS) is 14.9. The van der Waals surface area contributed by atoms with E-state index in [-0.39, 0.29) is 0 Å². The van der Waals surface area contributed by atoms with Crippen LogP contribution in [0.1, 0.15) is 18.3 Å². The van der Waals surface area contributed by atoms with Gasteiger partial charge in [0.05, 0.1) is 24.6 Å². The molecule has 3 aromatic heterocycles. The molecule has 130 valence electrons. The second-order valence-electron chi connectivity index (χ2n) is 5.98. The Hall–Kier alpha value is -2.74. The molecule has 3 aromatic rings. The molecule has 1 fully saturated rings. The van der Waals surface area contributed by atoms with Gasteiger partial charge in [-0.2, -0.15) is 14.6 Å². The fourth-order valence-corrected chi connectivity index (χ4v) is 2.92. The number of nitrogens with zero attached hydrogens (tertiary/aromatic N) is 6. The average molecular weight is 339 g/mol. The molecule has 1 aliphatic rings. The number of hydrogen-bond donors (Lipinski definition) is 1. The third-order valence-corrected chi connectivity index (χ3v) is 4.34. The largest absolute Gasteiger partial charge is 0.378 e. The van der Waals surface area contributed by atoms with Crippen molar-refractivity contribution in [2.45, 2.75) is 20.3 Å². The molecular formula is C17H21N7O. The highest BCUT2D eigenvalue weighted by Gasteiger charge is 2.14. The van der Waals surface area contributed by atoms with Crippen LogP contribution >= 0.6 is 0 Å². The van der Waals surface area contributed by atoms with E-state index in [1.54, 1.807) is 4.52 Å². The number of nitrogens with one attached hydrogen (secondary N) is 1. The smallest absolute Gasteiger partial charge is 0.254 e. The summed E-state index contributed by atoms with van der Waals surface area (Å²) in [7, 11) is 0. The van der Waals surface area contributed by atoms with Crippen molar-refractivity contribution in [3.05, 3.63) is 35.9 Å². The number of anilines is 3. The molecule has 0 saturated carbocycles. The summed E-state index contributed by atoms with van der Waals surface area (Å²) < 4.78 is 7.11. The molecule has 0 amide bonds. The van der Waals surface area contributed by atoms with Gasteiger partial charge < -0.3 is 15.0 Å². The summed E-state index contributed by atoms with van der Waals surface area (Å²) in [5.41, 5.74) is 2.85. The van der Waals surface area contributed by atoms with E-state index in [9.17, 15) is 0 Å². The van der Waals surface area contributed by atoms with Gasteiger partial charge in [-0.3, -0.25) is 0 Å². The highest BCUT2D eigenvalue weighted by atomic mass is 16.5. The maximum absolute atomic E-state index is 5.41. The van der Waals surface area contributed by atoms with Crippen molar-refractivity contribution in [3.63, 3.8) is 0 Å². The number of morpholine rings is 1. The fraction of sp³-hybridized carbons (Fsp3) is 0.412. The lowest BCUT2D eigenvalue weighted by Gasteiger charge is -2.28. The molecule has 4 heterocycles. The summed E-state index contributed by atoms with van der Waals surface area (Å²) in [6.07, 6.45) is 2.35. The Morgan fingerprint density at radius 3 is 2.80 bits per heavy atom. The molecule has 25 heavy (non-hydrogen) atoms. The lowest BCUT2D eigenvalue weighted by molar-refractivity contribution is 0.122. The number of aryl methyl sites for hydroxylation is 2. The predicted molar refractivity (Wildman–Crippen MR) is 95.4 cm³/mol. The van der Waals surface area contributed by atoms with Gasteiger partial charge in [0, 0.05) is 24.8 Å². The highest BCUT2D eigenvalue weighted by molar-refractivity contribution is 5.62. The van der Waals surface area contributed by atoms with Gasteiger partial charge in [-0.05, 0) is 25.5 Å². The number of pyridine rings is 1. The molecule has 8 heteroatoms. The molecule has 0 atom stereocenters. The average Bonchev–Trinajstić information content (AvgIpc) is 3.13. The molecule has 8 nitrogen and oxygen atoms in total. The van der Waals surface area contributed by atoms with E-state index >= 15 is 0 Å². The van der Waals surface area contributed by atoms with E-state index < -0.39 is 0 Å². The summed E-state index contributed by atoms with van der Waals surface area (Å²) in [5, 5.41) is 7.67. The Labute approximate surface area is 145 Å². The zero-order chi connectivity index (χ0) is 17.2. The van der Waals surface area contributed by atoms with Gasteiger partial charge in [0.15, 0.2) is 0 Å². The summed E-state index contributed by atoms with van der Waals surface area (Å²) in [6.45, 7) is 7.34. The van der Waals surface area contributed by atoms with Gasteiger partial charge in [0.2, 0.25) is 0 Å². The SMILES string of the molecule is CCc1cc(Nc2ccc(N3CCOCC3)nc2C)n2ncnc2n1. The van der Waals surface area contributed by atoms with Crippen LogP contribution in [-0.2, 0) is 11.2 Å². The topological polar surface area (TPSA) is 80.5 Å². The minimum absolute atomic E-state index is 0.595. The molecule has 4 rings (SSSR count). The van der Waals surface area contributed by atoms with Crippen molar-refractivity contribution in [3.8, 4) is 0 Å². The Morgan fingerprint density at radius 2 is 2.04 bits per heavy atom. The van der Waals surface area contributed by atoms with Crippen molar-refractivity contribution < 1.29 is 4.74 Å². The highest BCUT2D eigenvalue weighted by Crippen LogP contribution is 2.23. The monoisotopic (exact) mass is 339 g/mol. The van der Waals surface area contributed by atoms with Crippen LogP contribution in [0.3, 0.4) is 0 Å². The zero-order valence-electron chi connectivity index (χ0n) is 14.4. The van der Waals surface area contributed by atoms with Gasteiger partial charge in [-0.15, -0.1) is 0 Å². The summed E-state index contributed by atoms with van der Waals surface area (Å²) in [4.78, 5) is 15.7. The summed E-state index contributed by atoms with van der Waals surface area (Å²) in [6, 6.07) is 6.10. The molecule has 0 aromatic carbocycles. The Balaban J connectivity index is 1.63. The van der Waals surface area contributed by atoms with Crippen LogP contribution in [0, 0.1) is 6.92 Å². The lowest BCUT2D eigenvalue weighted by Crippen LogP contribution is -2.36. The van der Waals surface area contributed by atoms with Crippen LogP contribution in [0.2, 0.25) is 0 Å². The minimum atomic E-state index is 0.595. The van der Waals surface area contributed by atoms with E-state index in [0.29, 0.717) is 5.78 Å². The first kappa shape index (κ1) is 15.8. The molecule has 1 saturated heterocycles. The standard InChI is InChI=1S/C17H21N7O/c1-3-13-10-16(24-17(21-13)18-11-19-24)22-14-4-5-15(20-12(14)2)23-6-8-25-9-7-23/h4-5,10-11,22H,3,6-9H2,1-2H3. The molecular weight excluding hydrogens is 318 g/mol. The predicted octanol–water partition coefficient (Wildman–Crippen LogP) is 1.97. The lowest BCUT2D eigenvalue weighted by atomic mass is 10.2. The molecule has 1 N–H and O–H groups in total. The first-order valence-corrected chi connectivity index (χ1v) is 8.51. The van der Waals surface area contributed by atoms with Crippen molar-refractivity contribution in [1.29, 1.82) is 0 Å². The number of ether oxygens (including phenoxy) is 1. The van der Waals surface area contributed by atoms with Gasteiger partial charge in [0.1, 0.15) is 18.0 Å². The van der Waals surface area contributed by atoms with Gasteiger partial charge in [-0.1, -0.05) is 6.92 Å². The summed E-state index contributed by atoms with van der Waals surface area (Å²) >= 11 is 0. The first-order valence-electron chi connectivity index (χ1n) is 8.51. The maximum atomic E-state index is 5.41. The van der Waals surface area contributed by atoms with E-state index in [0.717, 1.165) is 61.4 Å². The zero-order valence-corrected chi connectivity index (χ0v) is 14.4. The fourth-order valence-electron chi connectivity index (χ4n) is 2.92. The van der Waals surface area contributed by atoms with Crippen molar-refractivity contribution in [2.24, 2.45) is 0 Å². The van der Waals surface area contributed by atoms with E-state index in [1.807, 2.05) is 19.1 Å². The third kappa shape index (κ3) is 3.12. The van der Waals surface area contributed by atoms with Gasteiger partial charge >= 0.3 is 0 Å². The molecule has 0 spiro atoms. The third-order valence-electron chi connectivity index (χ3n) is 4.34. The van der Waals surface area contributed by atoms with Crippen LogP contribution < -0.4 is 10.2 Å². The second-order valence-corrected chi connectivity index (χ2v) is 5.98. The molecule has 0 unspecified atom stereocenters. The minimum Gasteiger partial charge on any atom is -0.378 e. The van der Waals surface area contributed by atoms with Crippen molar-refractivity contribution >= 4 is 23.1 Å². The van der Waals surface area contributed by atoms with Crippen LogP contribution in [0.5, 0.6) is 0 Å². The van der Waals surface area contributed by atoms with Crippen LogP contribution in [0.25, 0.3) is 5.78 Å². The Morgan fingerprint density at radius 1 is 1.20 bits per heavy atom. The van der Waals surface area contributed by atoms with Crippen LogP contribution in [-0.4, -0.2) is 50.9 Å². The molecule has 1 aliphatic heterocycles. The molecule has 0 bridgehead atoms. The number of rotatable bonds is 4. The van der Waals surface area contributed by atoms with E-state index in [2.05, 4.69) is 38.3 Å². The molecule has 0 aliphatic carbocycles. The summed E-state index contributed by atoms with van der Waals surface area (Å²) in [5.74, 6) is 2.42. The maximum Gasteiger partial charge on any atom is 0.254 e. The van der Waals surface area contributed by atoms with E-state index in [4.69, 9.17) is 9.72 Å². The Kier molecular flexibility index (Phi) is 4.19. The first-order chi connectivity index (χ1) is 12.2. The van der Waals surface area contributed by atoms with Gasteiger partial charge in [0.25, 0.3) is 5.78 Å².